The standard InChI is InChI=1S/C30H32N2O3.2ClH/c1-2-9-23-10-7-11-24(22-23)32-19-17-31(18-20-32)16-8-21-34-30(33)29-25-12-3-5-14-27(25)35-28-15-6-4-13-26(28)29;;/h2-7,10-15,22,29H,1,8-9,16-21H2;2*1H. The smallest absolute Gasteiger partial charge is 0.318 e. The molecule has 0 saturated carbocycles. The van der Waals surface area contributed by atoms with Gasteiger partial charge in [0.1, 0.15) is 17.4 Å². The Balaban J connectivity index is 0.00000190. The lowest BCUT2D eigenvalue weighted by Gasteiger charge is -2.36. The van der Waals surface area contributed by atoms with Gasteiger partial charge in [0.15, 0.2) is 0 Å². The van der Waals surface area contributed by atoms with Crippen LogP contribution < -0.4 is 9.64 Å². The second kappa shape index (κ2) is 13.5. The minimum atomic E-state index is -0.448. The van der Waals surface area contributed by atoms with Gasteiger partial charge >= 0.3 is 5.97 Å². The van der Waals surface area contributed by atoms with Crippen molar-refractivity contribution in [3.8, 4) is 11.5 Å². The van der Waals surface area contributed by atoms with E-state index in [1.807, 2.05) is 54.6 Å². The average molecular weight is 542 g/mol. The number of anilines is 1. The monoisotopic (exact) mass is 540 g/mol. The molecule has 3 aromatic rings. The molecule has 2 aliphatic heterocycles. The fourth-order valence-electron chi connectivity index (χ4n) is 4.98. The number of ether oxygens (including phenoxy) is 2. The number of allylic oxidation sites excluding steroid dienone is 1. The molecule has 2 aliphatic rings. The Labute approximate surface area is 231 Å². The third-order valence-electron chi connectivity index (χ3n) is 6.81. The lowest BCUT2D eigenvalue weighted by molar-refractivity contribution is -0.144. The lowest BCUT2D eigenvalue weighted by atomic mass is 9.88. The third-order valence-corrected chi connectivity index (χ3v) is 6.81. The van der Waals surface area contributed by atoms with E-state index in [0.29, 0.717) is 6.61 Å². The first kappa shape index (κ1) is 28.6. The molecule has 196 valence electrons. The van der Waals surface area contributed by atoms with Crippen LogP contribution in [0.3, 0.4) is 0 Å². The molecular weight excluding hydrogens is 507 g/mol. The number of halogens is 2. The van der Waals surface area contributed by atoms with Crippen molar-refractivity contribution in [2.75, 3.05) is 44.2 Å². The fourth-order valence-corrected chi connectivity index (χ4v) is 4.98. The molecule has 3 aromatic carbocycles. The Kier molecular flexibility index (Phi) is 10.4. The van der Waals surface area contributed by atoms with Gasteiger partial charge in [-0.2, -0.15) is 0 Å². The Morgan fingerprint density at radius 3 is 2.22 bits per heavy atom. The number of piperazine rings is 1. The van der Waals surface area contributed by atoms with E-state index in [0.717, 1.165) is 68.2 Å². The number of esters is 1. The number of fused-ring (bicyclic) bond motifs is 2. The van der Waals surface area contributed by atoms with Gasteiger partial charge in [0.05, 0.1) is 6.61 Å². The predicted octanol–water partition coefficient (Wildman–Crippen LogP) is 6.25. The average Bonchev–Trinajstić information content (AvgIpc) is 2.90. The Bertz CT molecular complexity index is 1150. The number of carbonyl (C=O) groups excluding carboxylic acids is 1. The van der Waals surface area contributed by atoms with Crippen molar-refractivity contribution in [3.05, 3.63) is 102 Å². The summed E-state index contributed by atoms with van der Waals surface area (Å²) in [5, 5.41) is 0. The molecule has 0 aliphatic carbocycles. The molecule has 5 nitrogen and oxygen atoms in total. The number of carbonyl (C=O) groups is 1. The summed E-state index contributed by atoms with van der Waals surface area (Å²) in [6.45, 7) is 9.24. The molecule has 0 spiro atoms. The first-order valence-corrected chi connectivity index (χ1v) is 12.4. The van der Waals surface area contributed by atoms with Crippen LogP contribution in [0.5, 0.6) is 11.5 Å². The van der Waals surface area contributed by atoms with Crippen LogP contribution in [0.25, 0.3) is 0 Å². The maximum atomic E-state index is 13.1. The number of nitrogens with zero attached hydrogens (tertiary/aromatic N) is 2. The van der Waals surface area contributed by atoms with Gasteiger partial charge in [-0.25, -0.2) is 0 Å². The third kappa shape index (κ3) is 6.67. The van der Waals surface area contributed by atoms with Crippen LogP contribution in [0.2, 0.25) is 0 Å². The minimum Gasteiger partial charge on any atom is -0.465 e. The molecule has 0 N–H and O–H groups in total. The van der Waals surface area contributed by atoms with Crippen LogP contribution in [0.1, 0.15) is 29.0 Å². The number of benzene rings is 3. The Morgan fingerprint density at radius 2 is 1.57 bits per heavy atom. The van der Waals surface area contributed by atoms with Crippen LogP contribution in [0.15, 0.2) is 85.5 Å². The summed E-state index contributed by atoms with van der Waals surface area (Å²) < 4.78 is 11.8. The zero-order valence-corrected chi connectivity index (χ0v) is 22.5. The van der Waals surface area contributed by atoms with Gasteiger partial charge in [0.2, 0.25) is 0 Å². The Morgan fingerprint density at radius 1 is 0.919 bits per heavy atom. The molecule has 0 radical (unpaired) electrons. The van der Waals surface area contributed by atoms with Gasteiger partial charge in [0, 0.05) is 49.5 Å². The Hall–Kier alpha value is -2.99. The SMILES string of the molecule is C=CCc1cccc(N2CCN(CCCOC(=O)C3c4ccccc4Oc4ccccc43)CC2)c1.Cl.Cl. The van der Waals surface area contributed by atoms with Crippen LogP contribution >= 0.6 is 24.8 Å². The van der Waals surface area contributed by atoms with Gasteiger partial charge < -0.3 is 14.4 Å². The highest BCUT2D eigenvalue weighted by atomic mass is 35.5. The summed E-state index contributed by atoms with van der Waals surface area (Å²) in [5.74, 6) is 0.788. The van der Waals surface area contributed by atoms with E-state index in [-0.39, 0.29) is 30.8 Å². The maximum absolute atomic E-state index is 13.1. The summed E-state index contributed by atoms with van der Waals surface area (Å²) >= 11 is 0. The highest BCUT2D eigenvalue weighted by Gasteiger charge is 2.33. The molecule has 37 heavy (non-hydrogen) atoms. The van der Waals surface area contributed by atoms with Crippen molar-refractivity contribution in [1.29, 1.82) is 0 Å². The molecule has 0 atom stereocenters. The van der Waals surface area contributed by atoms with Crippen LogP contribution in [0, 0.1) is 0 Å². The topological polar surface area (TPSA) is 42.0 Å². The molecule has 1 saturated heterocycles. The van der Waals surface area contributed by atoms with Crippen molar-refractivity contribution in [2.24, 2.45) is 0 Å². The fraction of sp³-hybridized carbons (Fsp3) is 0.300. The highest BCUT2D eigenvalue weighted by molar-refractivity contribution is 5.86. The summed E-state index contributed by atoms with van der Waals surface area (Å²) in [6.07, 6.45) is 3.67. The van der Waals surface area contributed by atoms with E-state index in [9.17, 15) is 4.79 Å². The van der Waals surface area contributed by atoms with Gasteiger partial charge in [-0.1, -0.05) is 54.6 Å². The van der Waals surface area contributed by atoms with Gasteiger partial charge in [0.25, 0.3) is 0 Å². The van der Waals surface area contributed by atoms with Crippen molar-refractivity contribution in [3.63, 3.8) is 0 Å². The van der Waals surface area contributed by atoms with E-state index in [4.69, 9.17) is 9.47 Å². The number of para-hydroxylation sites is 2. The van der Waals surface area contributed by atoms with Gasteiger partial charge in [-0.3, -0.25) is 9.69 Å². The molecule has 0 bridgehead atoms. The second-order valence-electron chi connectivity index (χ2n) is 9.12. The van der Waals surface area contributed by atoms with Crippen molar-refractivity contribution >= 4 is 36.5 Å². The highest BCUT2D eigenvalue weighted by Crippen LogP contribution is 2.44. The number of rotatable bonds is 8. The van der Waals surface area contributed by atoms with Crippen molar-refractivity contribution in [1.82, 2.24) is 4.90 Å². The largest absolute Gasteiger partial charge is 0.465 e. The summed E-state index contributed by atoms with van der Waals surface area (Å²) in [4.78, 5) is 18.0. The maximum Gasteiger partial charge on any atom is 0.318 e. The first-order chi connectivity index (χ1) is 17.2. The van der Waals surface area contributed by atoms with Crippen molar-refractivity contribution in [2.45, 2.75) is 18.8 Å². The zero-order chi connectivity index (χ0) is 24.0. The van der Waals surface area contributed by atoms with Gasteiger partial charge in [-0.05, 0) is 42.7 Å². The molecule has 5 rings (SSSR count). The van der Waals surface area contributed by atoms with E-state index >= 15 is 0 Å². The second-order valence-corrected chi connectivity index (χ2v) is 9.12. The van der Waals surface area contributed by atoms with E-state index in [2.05, 4.69) is 40.6 Å². The normalized spacial score (nSPS) is 14.8. The molecule has 1 fully saturated rings. The summed E-state index contributed by atoms with van der Waals surface area (Å²) in [6, 6.07) is 24.2. The molecule has 2 heterocycles. The molecule has 0 amide bonds. The van der Waals surface area contributed by atoms with E-state index < -0.39 is 5.92 Å². The van der Waals surface area contributed by atoms with Crippen LogP contribution in [-0.4, -0.2) is 50.2 Å². The molecule has 0 unspecified atom stereocenters. The van der Waals surface area contributed by atoms with Crippen LogP contribution in [0.4, 0.5) is 5.69 Å². The molecule has 7 heteroatoms. The number of hydrogen-bond donors (Lipinski definition) is 0. The summed E-state index contributed by atoms with van der Waals surface area (Å²) in [5.41, 5.74) is 4.32. The predicted molar refractivity (Wildman–Crippen MR) is 154 cm³/mol. The molecule has 0 aromatic heterocycles. The van der Waals surface area contributed by atoms with Gasteiger partial charge in [-0.15, -0.1) is 31.4 Å². The van der Waals surface area contributed by atoms with Crippen LogP contribution in [-0.2, 0) is 16.0 Å². The zero-order valence-electron chi connectivity index (χ0n) is 20.9. The number of hydrogen-bond acceptors (Lipinski definition) is 5. The van der Waals surface area contributed by atoms with E-state index in [1.54, 1.807) is 0 Å². The van der Waals surface area contributed by atoms with E-state index in [1.165, 1.54) is 11.3 Å². The summed E-state index contributed by atoms with van der Waals surface area (Å²) in [7, 11) is 0. The first-order valence-electron chi connectivity index (χ1n) is 12.4. The minimum absolute atomic E-state index is 0. The molecular formula is C30H34Cl2N2O3. The lowest BCUT2D eigenvalue weighted by Crippen LogP contribution is -2.46. The quantitative estimate of drug-likeness (QED) is 0.192. The van der Waals surface area contributed by atoms with Crippen molar-refractivity contribution < 1.29 is 14.3 Å².